The number of hydrogen-bond donors (Lipinski definition) is 2. The molecule has 0 spiro atoms. The molecule has 1 saturated carbocycles. The summed E-state index contributed by atoms with van der Waals surface area (Å²) in [6.45, 7) is 1.32. The highest BCUT2D eigenvalue weighted by atomic mass is 16.6. The lowest BCUT2D eigenvalue weighted by Crippen LogP contribution is -2.32. The lowest BCUT2D eigenvalue weighted by atomic mass is 10.2. The molecular weight excluding hydrogens is 234 g/mol. The van der Waals surface area contributed by atoms with E-state index in [-0.39, 0.29) is 11.6 Å². The van der Waals surface area contributed by atoms with Gasteiger partial charge in [-0.1, -0.05) is 0 Å². The third kappa shape index (κ3) is 3.53. The molecule has 1 aliphatic rings. The van der Waals surface area contributed by atoms with E-state index >= 15 is 0 Å². The van der Waals surface area contributed by atoms with Gasteiger partial charge in [-0.15, -0.1) is 0 Å². The predicted molar refractivity (Wildman–Crippen MR) is 66.5 cm³/mol. The Morgan fingerprint density at radius 2 is 1.94 bits per heavy atom. The van der Waals surface area contributed by atoms with Crippen molar-refractivity contribution in [2.24, 2.45) is 0 Å². The summed E-state index contributed by atoms with van der Waals surface area (Å²) in [4.78, 5) is 21.7. The minimum absolute atomic E-state index is 0.0121. The highest BCUT2D eigenvalue weighted by molar-refractivity contribution is 5.94. The molecule has 1 aromatic rings. The van der Waals surface area contributed by atoms with E-state index in [1.165, 1.54) is 37.1 Å². The Labute approximate surface area is 105 Å². The van der Waals surface area contributed by atoms with Crippen molar-refractivity contribution in [2.45, 2.75) is 18.9 Å². The van der Waals surface area contributed by atoms with E-state index in [0.717, 1.165) is 6.54 Å². The van der Waals surface area contributed by atoms with Gasteiger partial charge in [0.15, 0.2) is 0 Å². The summed E-state index contributed by atoms with van der Waals surface area (Å²) in [5.74, 6) is -0.206. The Balaban J connectivity index is 1.78. The quantitative estimate of drug-likeness (QED) is 0.449. The van der Waals surface area contributed by atoms with Crippen LogP contribution in [0.4, 0.5) is 5.69 Å². The molecule has 0 saturated heterocycles. The van der Waals surface area contributed by atoms with E-state index in [4.69, 9.17) is 0 Å². The van der Waals surface area contributed by atoms with E-state index in [2.05, 4.69) is 10.6 Å². The zero-order valence-corrected chi connectivity index (χ0v) is 9.89. The standard InChI is InChI=1S/C12H15N3O3/c16-12(14-8-7-13-10-3-4-10)9-1-5-11(6-2-9)15(17)18/h1-2,5-6,10,13H,3-4,7-8H2,(H,14,16). The van der Waals surface area contributed by atoms with E-state index in [9.17, 15) is 14.9 Å². The molecule has 0 radical (unpaired) electrons. The highest BCUT2D eigenvalue weighted by Crippen LogP contribution is 2.17. The van der Waals surface area contributed by atoms with Crippen LogP contribution < -0.4 is 10.6 Å². The molecule has 6 nitrogen and oxygen atoms in total. The zero-order valence-electron chi connectivity index (χ0n) is 9.89. The maximum absolute atomic E-state index is 11.7. The summed E-state index contributed by atoms with van der Waals surface area (Å²) >= 11 is 0. The van der Waals surface area contributed by atoms with Gasteiger partial charge in [-0.3, -0.25) is 14.9 Å². The van der Waals surface area contributed by atoms with Crippen molar-refractivity contribution in [2.75, 3.05) is 13.1 Å². The molecule has 96 valence electrons. The largest absolute Gasteiger partial charge is 0.351 e. The van der Waals surface area contributed by atoms with Gasteiger partial charge < -0.3 is 10.6 Å². The molecule has 1 aromatic carbocycles. The summed E-state index contributed by atoms with van der Waals surface area (Å²) in [6, 6.07) is 6.21. The second-order valence-electron chi connectivity index (χ2n) is 4.29. The average molecular weight is 249 g/mol. The number of rotatable bonds is 6. The number of amides is 1. The van der Waals surface area contributed by atoms with Crippen LogP contribution in [0.1, 0.15) is 23.2 Å². The first kappa shape index (κ1) is 12.5. The van der Waals surface area contributed by atoms with Crippen molar-refractivity contribution in [3.05, 3.63) is 39.9 Å². The van der Waals surface area contributed by atoms with Crippen LogP contribution in [0.3, 0.4) is 0 Å². The second kappa shape index (κ2) is 5.59. The Morgan fingerprint density at radius 1 is 1.28 bits per heavy atom. The van der Waals surface area contributed by atoms with Crippen molar-refractivity contribution >= 4 is 11.6 Å². The van der Waals surface area contributed by atoms with E-state index < -0.39 is 4.92 Å². The minimum Gasteiger partial charge on any atom is -0.351 e. The van der Waals surface area contributed by atoms with Crippen molar-refractivity contribution in [1.29, 1.82) is 0 Å². The van der Waals surface area contributed by atoms with Crippen LogP contribution in [0.2, 0.25) is 0 Å². The fourth-order valence-electron chi connectivity index (χ4n) is 1.58. The number of non-ortho nitro benzene ring substituents is 1. The summed E-state index contributed by atoms with van der Waals surface area (Å²) in [5, 5.41) is 16.5. The van der Waals surface area contributed by atoms with Crippen LogP contribution in [-0.4, -0.2) is 30.0 Å². The molecule has 2 rings (SSSR count). The molecule has 2 N–H and O–H groups in total. The van der Waals surface area contributed by atoms with Gasteiger partial charge in [0.2, 0.25) is 0 Å². The van der Waals surface area contributed by atoms with Crippen LogP contribution >= 0.6 is 0 Å². The first-order valence-corrected chi connectivity index (χ1v) is 5.93. The lowest BCUT2D eigenvalue weighted by molar-refractivity contribution is -0.384. The molecule has 6 heteroatoms. The molecule has 0 bridgehead atoms. The average Bonchev–Trinajstić information content (AvgIpc) is 3.18. The van der Waals surface area contributed by atoms with Crippen LogP contribution in [0, 0.1) is 10.1 Å². The number of nitro benzene ring substituents is 1. The van der Waals surface area contributed by atoms with Gasteiger partial charge in [-0.2, -0.15) is 0 Å². The van der Waals surface area contributed by atoms with Crippen molar-refractivity contribution in [3.8, 4) is 0 Å². The number of benzene rings is 1. The summed E-state index contributed by atoms with van der Waals surface area (Å²) < 4.78 is 0. The van der Waals surface area contributed by atoms with Crippen molar-refractivity contribution < 1.29 is 9.72 Å². The number of carbonyl (C=O) groups excluding carboxylic acids is 1. The molecule has 0 unspecified atom stereocenters. The summed E-state index contributed by atoms with van der Waals surface area (Å²) in [6.07, 6.45) is 2.44. The van der Waals surface area contributed by atoms with Gasteiger partial charge in [0, 0.05) is 36.8 Å². The van der Waals surface area contributed by atoms with Crippen LogP contribution in [0.5, 0.6) is 0 Å². The van der Waals surface area contributed by atoms with Gasteiger partial charge in [-0.05, 0) is 25.0 Å². The first-order valence-electron chi connectivity index (χ1n) is 5.93. The number of hydrogen-bond acceptors (Lipinski definition) is 4. The molecule has 0 aromatic heterocycles. The summed E-state index contributed by atoms with van der Waals surface area (Å²) in [5.41, 5.74) is 0.425. The molecule has 0 heterocycles. The third-order valence-corrected chi connectivity index (χ3v) is 2.76. The van der Waals surface area contributed by atoms with Crippen molar-refractivity contribution in [1.82, 2.24) is 10.6 Å². The van der Waals surface area contributed by atoms with Gasteiger partial charge in [0.1, 0.15) is 0 Å². The number of nitrogens with one attached hydrogen (secondary N) is 2. The fourth-order valence-corrected chi connectivity index (χ4v) is 1.58. The molecule has 1 fully saturated rings. The highest BCUT2D eigenvalue weighted by Gasteiger charge is 2.19. The molecular formula is C12H15N3O3. The fraction of sp³-hybridized carbons (Fsp3) is 0.417. The van der Waals surface area contributed by atoms with E-state index in [1.54, 1.807) is 0 Å². The third-order valence-electron chi connectivity index (χ3n) is 2.76. The molecule has 0 atom stereocenters. The second-order valence-corrected chi connectivity index (χ2v) is 4.29. The Kier molecular flexibility index (Phi) is 3.88. The minimum atomic E-state index is -0.485. The van der Waals surface area contributed by atoms with Gasteiger partial charge in [0.25, 0.3) is 11.6 Å². The van der Waals surface area contributed by atoms with Crippen LogP contribution in [0.15, 0.2) is 24.3 Å². The zero-order chi connectivity index (χ0) is 13.0. The Morgan fingerprint density at radius 3 is 2.50 bits per heavy atom. The number of nitro groups is 1. The van der Waals surface area contributed by atoms with Crippen molar-refractivity contribution in [3.63, 3.8) is 0 Å². The lowest BCUT2D eigenvalue weighted by Gasteiger charge is -2.05. The van der Waals surface area contributed by atoms with Gasteiger partial charge in [-0.25, -0.2) is 0 Å². The first-order chi connectivity index (χ1) is 8.66. The van der Waals surface area contributed by atoms with Crippen LogP contribution in [-0.2, 0) is 0 Å². The van der Waals surface area contributed by atoms with Crippen LogP contribution in [0.25, 0.3) is 0 Å². The normalized spacial score (nSPS) is 14.2. The topological polar surface area (TPSA) is 84.3 Å². The van der Waals surface area contributed by atoms with E-state index in [0.29, 0.717) is 18.2 Å². The smallest absolute Gasteiger partial charge is 0.269 e. The maximum Gasteiger partial charge on any atom is 0.269 e. The SMILES string of the molecule is O=C(NCCNC1CC1)c1ccc([N+](=O)[O-])cc1. The number of carbonyl (C=O) groups is 1. The van der Waals surface area contributed by atoms with E-state index in [1.807, 2.05) is 0 Å². The predicted octanol–water partition coefficient (Wildman–Crippen LogP) is 1.08. The molecule has 0 aliphatic heterocycles. The molecule has 1 amide bonds. The van der Waals surface area contributed by atoms with Gasteiger partial charge >= 0.3 is 0 Å². The maximum atomic E-state index is 11.7. The number of nitrogens with zero attached hydrogens (tertiary/aromatic N) is 1. The Bertz CT molecular complexity index is 440. The molecule has 1 aliphatic carbocycles. The monoisotopic (exact) mass is 249 g/mol. The molecule has 18 heavy (non-hydrogen) atoms. The van der Waals surface area contributed by atoms with Gasteiger partial charge in [0.05, 0.1) is 4.92 Å². The summed E-state index contributed by atoms with van der Waals surface area (Å²) in [7, 11) is 0. The Hall–Kier alpha value is -1.95.